The summed E-state index contributed by atoms with van der Waals surface area (Å²) >= 11 is 6.00. The number of aromatic nitrogens is 5. The summed E-state index contributed by atoms with van der Waals surface area (Å²) in [5.74, 6) is 1.36. The van der Waals surface area contributed by atoms with Gasteiger partial charge in [-0.3, -0.25) is 0 Å². The molecule has 0 amide bonds. The number of para-hydroxylation sites is 1. The van der Waals surface area contributed by atoms with E-state index >= 15 is 0 Å². The molecule has 27 heavy (non-hydrogen) atoms. The van der Waals surface area contributed by atoms with Crippen molar-refractivity contribution in [3.05, 3.63) is 71.8 Å². The quantitative estimate of drug-likeness (QED) is 0.467. The maximum Gasteiger partial charge on any atom is 0.162 e. The minimum Gasteiger partial charge on any atom is -0.340 e. The summed E-state index contributed by atoms with van der Waals surface area (Å²) in [5, 5.41) is 15.9. The van der Waals surface area contributed by atoms with E-state index in [4.69, 9.17) is 21.6 Å². The van der Waals surface area contributed by atoms with Gasteiger partial charge in [-0.05, 0) is 54.6 Å². The summed E-state index contributed by atoms with van der Waals surface area (Å²) in [6.07, 6.45) is 0. The molecule has 130 valence electrons. The zero-order valence-corrected chi connectivity index (χ0v) is 14.8. The first-order valence-electron chi connectivity index (χ1n) is 8.36. The van der Waals surface area contributed by atoms with Crippen molar-refractivity contribution in [3.63, 3.8) is 0 Å². The molecule has 5 aromatic rings. The highest BCUT2D eigenvalue weighted by Gasteiger charge is 2.10. The van der Waals surface area contributed by atoms with Crippen LogP contribution in [0.3, 0.4) is 0 Å². The average molecular weight is 373 g/mol. The maximum atomic E-state index is 6.00. The van der Waals surface area contributed by atoms with Crippen LogP contribution in [-0.2, 0) is 0 Å². The standard InChI is InChI=1S/C20H13ClN6/c21-13-7-5-12(6-8-13)19-23-16-4-2-1-3-15(16)20(24-19)22-14-9-10-17-18(11-14)26-27-25-17/h1-11H,(H,22,23,24)(H,25,26,27). The van der Waals surface area contributed by atoms with Crippen LogP contribution in [0, 0.1) is 0 Å². The van der Waals surface area contributed by atoms with Crippen molar-refractivity contribution in [1.82, 2.24) is 25.4 Å². The Morgan fingerprint density at radius 3 is 2.48 bits per heavy atom. The second kappa shape index (κ2) is 6.34. The van der Waals surface area contributed by atoms with Crippen molar-refractivity contribution in [2.24, 2.45) is 0 Å². The largest absolute Gasteiger partial charge is 0.340 e. The van der Waals surface area contributed by atoms with Gasteiger partial charge in [0, 0.05) is 21.7 Å². The summed E-state index contributed by atoms with van der Waals surface area (Å²) in [5.41, 5.74) is 4.25. The van der Waals surface area contributed by atoms with Crippen LogP contribution in [0.2, 0.25) is 5.02 Å². The van der Waals surface area contributed by atoms with Crippen molar-refractivity contribution >= 4 is 45.0 Å². The van der Waals surface area contributed by atoms with Gasteiger partial charge in [-0.25, -0.2) is 9.97 Å². The van der Waals surface area contributed by atoms with E-state index < -0.39 is 0 Å². The summed E-state index contributed by atoms with van der Waals surface area (Å²) in [7, 11) is 0. The Bertz CT molecular complexity index is 1260. The second-order valence-corrected chi connectivity index (χ2v) is 6.51. The lowest BCUT2D eigenvalue weighted by Crippen LogP contribution is -1.99. The molecule has 2 aromatic heterocycles. The molecular weight excluding hydrogens is 360 g/mol. The molecule has 2 heterocycles. The maximum absolute atomic E-state index is 6.00. The Hall–Kier alpha value is -3.51. The number of fused-ring (bicyclic) bond motifs is 2. The molecule has 0 unspecified atom stereocenters. The highest BCUT2D eigenvalue weighted by molar-refractivity contribution is 6.30. The fraction of sp³-hybridized carbons (Fsp3) is 0. The Labute approximate surface area is 159 Å². The van der Waals surface area contributed by atoms with Gasteiger partial charge in [-0.15, -0.1) is 0 Å². The topological polar surface area (TPSA) is 79.4 Å². The predicted octanol–water partition coefficient (Wildman–Crippen LogP) is 4.97. The third kappa shape index (κ3) is 2.96. The lowest BCUT2D eigenvalue weighted by molar-refractivity contribution is 0.959. The molecule has 0 spiro atoms. The zero-order chi connectivity index (χ0) is 18.2. The summed E-state index contributed by atoms with van der Waals surface area (Å²) in [4.78, 5) is 9.45. The normalized spacial score (nSPS) is 11.1. The van der Waals surface area contributed by atoms with Crippen molar-refractivity contribution in [1.29, 1.82) is 0 Å². The van der Waals surface area contributed by atoms with Gasteiger partial charge >= 0.3 is 0 Å². The molecule has 0 aliphatic carbocycles. The van der Waals surface area contributed by atoms with E-state index in [0.717, 1.165) is 39.0 Å². The average Bonchev–Trinajstić information content (AvgIpc) is 3.16. The van der Waals surface area contributed by atoms with Crippen LogP contribution in [0.1, 0.15) is 0 Å². The van der Waals surface area contributed by atoms with E-state index in [0.29, 0.717) is 10.8 Å². The van der Waals surface area contributed by atoms with Crippen LogP contribution in [0.4, 0.5) is 11.5 Å². The number of H-pyrrole nitrogens is 1. The van der Waals surface area contributed by atoms with Gasteiger partial charge in [-0.1, -0.05) is 23.7 Å². The molecular formula is C20H13ClN6. The lowest BCUT2D eigenvalue weighted by atomic mass is 10.1. The van der Waals surface area contributed by atoms with Crippen molar-refractivity contribution in [2.75, 3.05) is 5.32 Å². The third-order valence-electron chi connectivity index (χ3n) is 4.28. The highest BCUT2D eigenvalue weighted by Crippen LogP contribution is 2.28. The smallest absolute Gasteiger partial charge is 0.162 e. The molecule has 5 rings (SSSR count). The van der Waals surface area contributed by atoms with Crippen molar-refractivity contribution < 1.29 is 0 Å². The van der Waals surface area contributed by atoms with Gasteiger partial charge in [0.05, 0.1) is 5.52 Å². The Kier molecular flexibility index (Phi) is 3.69. The van der Waals surface area contributed by atoms with Crippen LogP contribution in [0.5, 0.6) is 0 Å². The fourth-order valence-corrected chi connectivity index (χ4v) is 3.08. The minimum atomic E-state index is 0.635. The van der Waals surface area contributed by atoms with Crippen molar-refractivity contribution in [3.8, 4) is 11.4 Å². The van der Waals surface area contributed by atoms with Gasteiger partial charge in [0.25, 0.3) is 0 Å². The van der Waals surface area contributed by atoms with Gasteiger partial charge in [0.15, 0.2) is 5.82 Å². The van der Waals surface area contributed by atoms with Crippen LogP contribution in [0.25, 0.3) is 33.3 Å². The van der Waals surface area contributed by atoms with E-state index in [2.05, 4.69) is 20.7 Å². The Morgan fingerprint density at radius 2 is 1.59 bits per heavy atom. The third-order valence-corrected chi connectivity index (χ3v) is 4.54. The summed E-state index contributed by atoms with van der Waals surface area (Å²) < 4.78 is 0. The molecule has 7 heteroatoms. The summed E-state index contributed by atoms with van der Waals surface area (Å²) in [6, 6.07) is 21.2. The highest BCUT2D eigenvalue weighted by atomic mass is 35.5. The Balaban J connectivity index is 1.64. The van der Waals surface area contributed by atoms with E-state index in [1.165, 1.54) is 0 Å². The van der Waals surface area contributed by atoms with E-state index in [9.17, 15) is 0 Å². The monoisotopic (exact) mass is 372 g/mol. The second-order valence-electron chi connectivity index (χ2n) is 6.07. The SMILES string of the molecule is Clc1ccc(-c2nc(Nc3ccc4n[nH]nc4c3)c3ccccc3n2)cc1. The van der Waals surface area contributed by atoms with Gasteiger partial charge in [0.2, 0.25) is 0 Å². The van der Waals surface area contributed by atoms with Crippen LogP contribution in [-0.4, -0.2) is 25.4 Å². The van der Waals surface area contributed by atoms with Crippen molar-refractivity contribution in [2.45, 2.75) is 0 Å². The predicted molar refractivity (Wildman–Crippen MR) is 107 cm³/mol. The molecule has 0 radical (unpaired) electrons. The Morgan fingerprint density at radius 1 is 0.778 bits per heavy atom. The molecule has 0 aliphatic heterocycles. The minimum absolute atomic E-state index is 0.635. The first kappa shape index (κ1) is 15.7. The number of benzene rings is 3. The molecule has 0 aliphatic rings. The molecule has 0 saturated heterocycles. The fourth-order valence-electron chi connectivity index (χ4n) is 2.95. The molecule has 0 saturated carbocycles. The number of hydrogen-bond donors (Lipinski definition) is 2. The van der Waals surface area contributed by atoms with E-state index in [-0.39, 0.29) is 0 Å². The number of aromatic amines is 1. The first-order chi connectivity index (χ1) is 13.3. The van der Waals surface area contributed by atoms with Gasteiger partial charge < -0.3 is 5.32 Å². The molecule has 3 aromatic carbocycles. The van der Waals surface area contributed by atoms with Gasteiger partial charge in [-0.2, -0.15) is 15.4 Å². The number of halogens is 1. The number of hydrogen-bond acceptors (Lipinski definition) is 5. The molecule has 0 fully saturated rings. The van der Waals surface area contributed by atoms with Crippen LogP contribution >= 0.6 is 11.6 Å². The number of nitrogens with one attached hydrogen (secondary N) is 2. The van der Waals surface area contributed by atoms with Crippen LogP contribution < -0.4 is 5.32 Å². The summed E-state index contributed by atoms with van der Waals surface area (Å²) in [6.45, 7) is 0. The zero-order valence-electron chi connectivity index (χ0n) is 14.0. The molecule has 0 bridgehead atoms. The first-order valence-corrected chi connectivity index (χ1v) is 8.74. The van der Waals surface area contributed by atoms with E-state index in [1.54, 1.807) is 0 Å². The number of nitrogens with zero attached hydrogens (tertiary/aromatic N) is 4. The van der Waals surface area contributed by atoms with Crippen LogP contribution in [0.15, 0.2) is 66.7 Å². The number of anilines is 2. The number of rotatable bonds is 3. The molecule has 0 atom stereocenters. The lowest BCUT2D eigenvalue weighted by Gasteiger charge is -2.11. The molecule has 2 N–H and O–H groups in total. The van der Waals surface area contributed by atoms with E-state index in [1.807, 2.05) is 66.7 Å². The molecule has 6 nitrogen and oxygen atoms in total. The van der Waals surface area contributed by atoms with Gasteiger partial charge in [0.1, 0.15) is 16.9 Å².